The number of pyridine rings is 1. The molecule has 1 rings (SSSR count). The van der Waals surface area contributed by atoms with Crippen LogP contribution < -0.4 is 5.32 Å². The summed E-state index contributed by atoms with van der Waals surface area (Å²) in [6.45, 7) is 0. The number of anilines is 1. The Morgan fingerprint density at radius 1 is 1.69 bits per heavy atom. The molecular formula is C8H9ClN3O. The van der Waals surface area contributed by atoms with Crippen molar-refractivity contribution < 1.29 is 4.79 Å². The Balaban J connectivity index is 2.75. The van der Waals surface area contributed by atoms with Crippen LogP contribution >= 0.6 is 11.6 Å². The van der Waals surface area contributed by atoms with Gasteiger partial charge in [-0.2, -0.15) is 0 Å². The molecule has 0 spiro atoms. The predicted octanol–water partition coefficient (Wildman–Crippen LogP) is 1.63. The molecule has 0 bridgehead atoms. The topological polar surface area (TPSA) is 45.2 Å². The largest absolute Gasteiger partial charge is 0.331 e. The molecular weight excluding hydrogens is 190 g/mol. The fourth-order valence-electron chi connectivity index (χ4n) is 0.663. The van der Waals surface area contributed by atoms with Crippen molar-refractivity contribution in [2.24, 2.45) is 0 Å². The number of halogens is 1. The summed E-state index contributed by atoms with van der Waals surface area (Å²) < 4.78 is 0. The third-order valence-electron chi connectivity index (χ3n) is 1.36. The summed E-state index contributed by atoms with van der Waals surface area (Å²) in [6.07, 6.45) is 4.04. The van der Waals surface area contributed by atoms with Gasteiger partial charge >= 0.3 is 6.03 Å². The summed E-state index contributed by atoms with van der Waals surface area (Å²) >= 11 is 5.72. The quantitative estimate of drug-likeness (QED) is 0.746. The third kappa shape index (κ3) is 2.59. The van der Waals surface area contributed by atoms with Crippen molar-refractivity contribution in [3.63, 3.8) is 0 Å². The molecule has 1 heterocycles. The lowest BCUT2D eigenvalue weighted by molar-refractivity contribution is 0.230. The van der Waals surface area contributed by atoms with E-state index in [1.54, 1.807) is 20.2 Å². The van der Waals surface area contributed by atoms with Gasteiger partial charge in [-0.25, -0.2) is 4.79 Å². The molecule has 1 aromatic rings. The molecule has 0 aliphatic heterocycles. The number of hydrogen-bond donors (Lipinski definition) is 1. The highest BCUT2D eigenvalue weighted by molar-refractivity contribution is 6.33. The van der Waals surface area contributed by atoms with Crippen LogP contribution in [0.25, 0.3) is 0 Å². The first-order valence-corrected chi connectivity index (χ1v) is 3.99. The fraction of sp³-hybridized carbons (Fsp3) is 0.250. The number of urea groups is 1. The third-order valence-corrected chi connectivity index (χ3v) is 1.65. The molecule has 0 saturated heterocycles. The Labute approximate surface area is 81.5 Å². The van der Waals surface area contributed by atoms with E-state index in [1.165, 1.54) is 11.1 Å². The Morgan fingerprint density at radius 3 is 2.92 bits per heavy atom. The summed E-state index contributed by atoms with van der Waals surface area (Å²) in [5.41, 5.74) is 0.510. The van der Waals surface area contributed by atoms with E-state index in [1.807, 2.05) is 0 Å². The number of hydrogen-bond acceptors (Lipinski definition) is 2. The van der Waals surface area contributed by atoms with Gasteiger partial charge in [0, 0.05) is 20.3 Å². The fourth-order valence-corrected chi connectivity index (χ4v) is 0.822. The van der Waals surface area contributed by atoms with Crippen molar-refractivity contribution in [1.82, 2.24) is 9.88 Å². The van der Waals surface area contributed by atoms with Crippen molar-refractivity contribution in [2.45, 2.75) is 0 Å². The molecule has 0 aromatic carbocycles. The van der Waals surface area contributed by atoms with E-state index in [0.29, 0.717) is 10.7 Å². The summed E-state index contributed by atoms with van der Waals surface area (Å²) in [6, 6.07) is 1.38. The zero-order valence-electron chi connectivity index (χ0n) is 7.34. The van der Waals surface area contributed by atoms with E-state index in [2.05, 4.69) is 16.5 Å². The van der Waals surface area contributed by atoms with Gasteiger partial charge in [-0.1, -0.05) is 11.6 Å². The zero-order chi connectivity index (χ0) is 9.84. The highest BCUT2D eigenvalue weighted by atomic mass is 35.5. The van der Waals surface area contributed by atoms with Gasteiger partial charge in [-0.15, -0.1) is 0 Å². The van der Waals surface area contributed by atoms with Crippen LogP contribution in [-0.2, 0) is 0 Å². The Morgan fingerprint density at radius 2 is 2.38 bits per heavy atom. The first-order valence-electron chi connectivity index (χ1n) is 3.61. The van der Waals surface area contributed by atoms with E-state index in [0.717, 1.165) is 0 Å². The van der Waals surface area contributed by atoms with Crippen molar-refractivity contribution >= 4 is 23.3 Å². The van der Waals surface area contributed by atoms with E-state index in [-0.39, 0.29) is 6.03 Å². The smallest absolute Gasteiger partial charge is 0.321 e. The number of amides is 2. The maximum Gasteiger partial charge on any atom is 0.321 e. The molecule has 1 radical (unpaired) electrons. The van der Waals surface area contributed by atoms with Gasteiger partial charge in [0.25, 0.3) is 0 Å². The van der Waals surface area contributed by atoms with Crippen LogP contribution in [-0.4, -0.2) is 30.0 Å². The summed E-state index contributed by atoms with van der Waals surface area (Å²) in [7, 11) is 3.29. The van der Waals surface area contributed by atoms with Gasteiger partial charge in [0.05, 0.1) is 10.7 Å². The normalized spacial score (nSPS) is 9.46. The first kappa shape index (κ1) is 9.80. The molecule has 2 amide bonds. The molecule has 1 aromatic heterocycles. The maximum atomic E-state index is 11.2. The number of rotatable bonds is 1. The molecule has 0 fully saturated rings. The Kier molecular flexibility index (Phi) is 3.08. The van der Waals surface area contributed by atoms with Crippen LogP contribution in [0, 0.1) is 6.20 Å². The molecule has 1 N–H and O–H groups in total. The van der Waals surface area contributed by atoms with E-state index >= 15 is 0 Å². The molecule has 0 aliphatic rings. The highest BCUT2D eigenvalue weighted by Crippen LogP contribution is 2.18. The molecule has 5 heteroatoms. The monoisotopic (exact) mass is 198 g/mol. The average molecular weight is 199 g/mol. The number of carbonyl (C=O) groups is 1. The summed E-state index contributed by atoms with van der Waals surface area (Å²) in [5, 5.41) is 2.90. The minimum Gasteiger partial charge on any atom is -0.331 e. The Hall–Kier alpha value is -1.29. The molecule has 0 unspecified atom stereocenters. The van der Waals surface area contributed by atoms with Crippen molar-refractivity contribution in [3.05, 3.63) is 23.5 Å². The summed E-state index contributed by atoms with van der Waals surface area (Å²) in [5.74, 6) is 0. The first-order chi connectivity index (χ1) is 6.11. The number of nitrogens with zero attached hydrogens (tertiary/aromatic N) is 2. The van der Waals surface area contributed by atoms with Gasteiger partial charge in [-0.3, -0.25) is 4.98 Å². The number of carbonyl (C=O) groups excluding carboxylic acids is 1. The van der Waals surface area contributed by atoms with Crippen LogP contribution in [0.2, 0.25) is 5.02 Å². The lowest BCUT2D eigenvalue weighted by Gasteiger charge is -2.12. The molecule has 13 heavy (non-hydrogen) atoms. The van der Waals surface area contributed by atoms with Gasteiger partial charge in [0.1, 0.15) is 6.20 Å². The number of aromatic nitrogens is 1. The standard InChI is InChI=1S/C8H9ClN3O/c1-12(2)8(13)11-7-3-4-10-5-6(7)9/h3-4H,1-2H3,(H,10,11,13). The second kappa shape index (κ2) is 4.09. The second-order valence-electron chi connectivity index (χ2n) is 2.61. The van der Waals surface area contributed by atoms with Crippen LogP contribution in [0.15, 0.2) is 12.3 Å². The zero-order valence-corrected chi connectivity index (χ0v) is 8.09. The lowest BCUT2D eigenvalue weighted by atomic mass is 10.4. The van der Waals surface area contributed by atoms with Crippen LogP contribution in [0.1, 0.15) is 0 Å². The maximum absolute atomic E-state index is 11.2. The minimum absolute atomic E-state index is 0.235. The van der Waals surface area contributed by atoms with Gasteiger partial charge in [-0.05, 0) is 6.07 Å². The molecule has 0 saturated carbocycles. The Bertz CT molecular complexity index is 314. The summed E-state index contributed by atoms with van der Waals surface area (Å²) in [4.78, 5) is 16.3. The molecule has 0 atom stereocenters. The molecule has 4 nitrogen and oxygen atoms in total. The van der Waals surface area contributed by atoms with Gasteiger partial charge < -0.3 is 10.2 Å². The van der Waals surface area contributed by atoms with E-state index < -0.39 is 0 Å². The molecule has 69 valence electrons. The van der Waals surface area contributed by atoms with E-state index in [9.17, 15) is 4.79 Å². The van der Waals surface area contributed by atoms with Gasteiger partial charge in [0.15, 0.2) is 0 Å². The van der Waals surface area contributed by atoms with Crippen molar-refractivity contribution in [2.75, 3.05) is 19.4 Å². The lowest BCUT2D eigenvalue weighted by Crippen LogP contribution is -2.27. The van der Waals surface area contributed by atoms with Crippen LogP contribution in [0.3, 0.4) is 0 Å². The van der Waals surface area contributed by atoms with Crippen LogP contribution in [0.5, 0.6) is 0 Å². The minimum atomic E-state index is -0.235. The second-order valence-corrected chi connectivity index (χ2v) is 2.99. The van der Waals surface area contributed by atoms with Crippen molar-refractivity contribution in [3.8, 4) is 0 Å². The van der Waals surface area contributed by atoms with Gasteiger partial charge in [0.2, 0.25) is 0 Å². The van der Waals surface area contributed by atoms with E-state index in [4.69, 9.17) is 11.6 Å². The number of nitrogens with one attached hydrogen (secondary N) is 1. The van der Waals surface area contributed by atoms with Crippen molar-refractivity contribution in [1.29, 1.82) is 0 Å². The SMILES string of the molecule is CN(C)C(=O)Nc1ccn[c]c1Cl. The highest BCUT2D eigenvalue weighted by Gasteiger charge is 2.06. The predicted molar refractivity (Wildman–Crippen MR) is 50.8 cm³/mol. The molecule has 0 aliphatic carbocycles. The van der Waals surface area contributed by atoms with Crippen LogP contribution in [0.4, 0.5) is 10.5 Å². The average Bonchev–Trinajstić information content (AvgIpc) is 2.08.